The number of rotatable bonds is 6. The van der Waals surface area contributed by atoms with E-state index in [2.05, 4.69) is 21.2 Å². The van der Waals surface area contributed by atoms with E-state index in [-0.39, 0.29) is 5.69 Å². The molecule has 0 radical (unpaired) electrons. The zero-order valence-corrected chi connectivity index (χ0v) is 12.1. The van der Waals surface area contributed by atoms with E-state index in [9.17, 15) is 18.0 Å². The van der Waals surface area contributed by atoms with Gasteiger partial charge in [-0.05, 0) is 32.5 Å². The second-order valence-corrected chi connectivity index (χ2v) is 4.82. The fourth-order valence-electron chi connectivity index (χ4n) is 1.70. The molecule has 1 unspecified atom stereocenters. The van der Waals surface area contributed by atoms with Gasteiger partial charge in [-0.2, -0.15) is 18.4 Å². The van der Waals surface area contributed by atoms with E-state index in [0.717, 1.165) is 0 Å². The van der Waals surface area contributed by atoms with Gasteiger partial charge in [0.25, 0.3) is 0 Å². The van der Waals surface area contributed by atoms with Crippen LogP contribution in [0.15, 0.2) is 18.3 Å². The largest absolute Gasteiger partial charge is 0.389 e. The van der Waals surface area contributed by atoms with Crippen molar-refractivity contribution in [1.29, 1.82) is 5.26 Å². The van der Waals surface area contributed by atoms with Crippen molar-refractivity contribution in [3.8, 4) is 6.07 Å². The number of hydrogen-bond donors (Lipinski definition) is 3. The van der Waals surface area contributed by atoms with Crippen LogP contribution in [0.3, 0.4) is 0 Å². The first-order valence-corrected chi connectivity index (χ1v) is 6.38. The summed E-state index contributed by atoms with van der Waals surface area (Å²) in [5.41, 5.74) is 4.04. The quantitative estimate of drug-likeness (QED) is 0.696. The van der Waals surface area contributed by atoms with Crippen LogP contribution in [0.5, 0.6) is 0 Å². The van der Waals surface area contributed by atoms with Crippen LogP contribution in [-0.2, 0) is 4.79 Å². The highest BCUT2D eigenvalue weighted by Crippen LogP contribution is 2.26. The van der Waals surface area contributed by atoms with E-state index in [4.69, 9.17) is 5.26 Å². The van der Waals surface area contributed by atoms with E-state index >= 15 is 0 Å². The van der Waals surface area contributed by atoms with Crippen molar-refractivity contribution < 1.29 is 18.0 Å². The fourth-order valence-corrected chi connectivity index (χ4v) is 1.70. The van der Waals surface area contributed by atoms with Crippen molar-refractivity contribution in [3.63, 3.8) is 0 Å². The van der Waals surface area contributed by atoms with Gasteiger partial charge in [0.15, 0.2) is 0 Å². The highest BCUT2D eigenvalue weighted by atomic mass is 19.4. The third-order valence-electron chi connectivity index (χ3n) is 2.95. The average Bonchev–Trinajstić information content (AvgIpc) is 2.45. The molecule has 0 aliphatic carbocycles. The molecule has 120 valence electrons. The van der Waals surface area contributed by atoms with Gasteiger partial charge in [0.05, 0.1) is 11.9 Å². The Bertz CT molecular complexity index is 552. The van der Waals surface area contributed by atoms with E-state index in [1.54, 1.807) is 0 Å². The van der Waals surface area contributed by atoms with Crippen LogP contribution in [0, 0.1) is 11.3 Å². The maximum atomic E-state index is 12.4. The minimum Gasteiger partial charge on any atom is -0.323 e. The molecule has 22 heavy (non-hydrogen) atoms. The summed E-state index contributed by atoms with van der Waals surface area (Å²) in [6.45, 7) is 1.36. The van der Waals surface area contributed by atoms with Gasteiger partial charge in [0.1, 0.15) is 17.3 Å². The highest BCUT2D eigenvalue weighted by Gasteiger charge is 2.38. The molecule has 1 amide bonds. The number of amides is 1. The summed E-state index contributed by atoms with van der Waals surface area (Å²) < 4.78 is 37.1. The van der Waals surface area contributed by atoms with Crippen LogP contribution in [0.25, 0.3) is 0 Å². The Morgan fingerprint density at radius 3 is 2.50 bits per heavy atom. The molecule has 1 rings (SSSR count). The van der Waals surface area contributed by atoms with Gasteiger partial charge < -0.3 is 5.32 Å². The zero-order valence-electron chi connectivity index (χ0n) is 12.1. The highest BCUT2D eigenvalue weighted by molar-refractivity contribution is 5.97. The molecule has 9 heteroatoms. The van der Waals surface area contributed by atoms with Gasteiger partial charge in [-0.15, -0.1) is 0 Å². The Morgan fingerprint density at radius 1 is 1.36 bits per heavy atom. The lowest BCUT2D eigenvalue weighted by atomic mass is 9.95. The molecular weight excluding hydrogens is 299 g/mol. The number of nitrogens with zero attached hydrogens (tertiary/aromatic N) is 2. The van der Waals surface area contributed by atoms with Crippen molar-refractivity contribution in [1.82, 2.24) is 15.8 Å². The number of carbonyl (C=O) groups excluding carboxylic acids is 1. The third-order valence-corrected chi connectivity index (χ3v) is 2.95. The molecule has 0 spiro atoms. The summed E-state index contributed by atoms with van der Waals surface area (Å²) >= 11 is 0. The van der Waals surface area contributed by atoms with Gasteiger partial charge in [-0.25, -0.2) is 10.4 Å². The molecule has 1 aromatic heterocycles. The minimum absolute atomic E-state index is 0.172. The summed E-state index contributed by atoms with van der Waals surface area (Å²) in [4.78, 5) is 16.0. The Labute approximate surface area is 125 Å². The predicted molar refractivity (Wildman–Crippen MR) is 73.5 cm³/mol. The first kappa shape index (κ1) is 17.9. The minimum atomic E-state index is -4.35. The van der Waals surface area contributed by atoms with Gasteiger partial charge in [-0.3, -0.25) is 10.2 Å². The first-order chi connectivity index (χ1) is 10.2. The Kier molecular flexibility index (Phi) is 5.84. The van der Waals surface area contributed by atoms with Crippen LogP contribution in [0.1, 0.15) is 25.5 Å². The predicted octanol–water partition coefficient (Wildman–Crippen LogP) is 1.72. The molecule has 6 nitrogen and oxygen atoms in total. The summed E-state index contributed by atoms with van der Waals surface area (Å²) in [6, 6.07) is 4.67. The van der Waals surface area contributed by atoms with Gasteiger partial charge >= 0.3 is 6.18 Å². The summed E-state index contributed by atoms with van der Waals surface area (Å²) in [6.07, 6.45) is -4.63. The SMILES string of the molecule is CNNC(C)(CCC(F)(F)F)C(=O)Nc1ccc(C#N)nc1. The number of alkyl halides is 3. The number of pyridine rings is 1. The monoisotopic (exact) mass is 315 g/mol. The van der Waals surface area contributed by atoms with Crippen molar-refractivity contribution in [2.75, 3.05) is 12.4 Å². The Morgan fingerprint density at radius 2 is 2.05 bits per heavy atom. The van der Waals surface area contributed by atoms with E-state index < -0.39 is 30.5 Å². The summed E-state index contributed by atoms with van der Waals surface area (Å²) in [5, 5.41) is 11.1. The second kappa shape index (κ2) is 7.20. The molecular formula is C13H16F3N5O. The lowest BCUT2D eigenvalue weighted by Gasteiger charge is -2.29. The van der Waals surface area contributed by atoms with Gasteiger partial charge in [-0.1, -0.05) is 0 Å². The standard InChI is InChI=1S/C13H16F3N5O/c1-12(21-18-2,5-6-13(14,15)16)11(22)20-10-4-3-9(7-17)19-8-10/h3-4,8,18,21H,5-6H2,1-2H3,(H,20,22). The Hall–Kier alpha value is -2.18. The molecule has 0 fully saturated rings. The van der Waals surface area contributed by atoms with Crippen molar-refractivity contribution in [3.05, 3.63) is 24.0 Å². The molecule has 0 aliphatic rings. The lowest BCUT2D eigenvalue weighted by Crippen LogP contribution is -2.57. The van der Waals surface area contributed by atoms with Crippen molar-refractivity contribution >= 4 is 11.6 Å². The third kappa shape index (κ3) is 5.31. The number of halogens is 3. The molecule has 0 aromatic carbocycles. The van der Waals surface area contributed by atoms with Gasteiger partial charge in [0, 0.05) is 6.42 Å². The normalized spacial score (nSPS) is 14.0. The maximum absolute atomic E-state index is 12.4. The first-order valence-electron chi connectivity index (χ1n) is 6.38. The van der Waals surface area contributed by atoms with Crippen LogP contribution in [0.4, 0.5) is 18.9 Å². The fraction of sp³-hybridized carbons (Fsp3) is 0.462. The molecule has 3 N–H and O–H groups in total. The van der Waals surface area contributed by atoms with Crippen LogP contribution in [-0.4, -0.2) is 29.7 Å². The number of carbonyl (C=O) groups is 1. The van der Waals surface area contributed by atoms with Crippen LogP contribution >= 0.6 is 0 Å². The topological polar surface area (TPSA) is 89.8 Å². The smallest absolute Gasteiger partial charge is 0.323 e. The van der Waals surface area contributed by atoms with E-state index in [1.165, 1.54) is 32.3 Å². The number of hydrazine groups is 1. The molecule has 0 saturated carbocycles. The number of aromatic nitrogens is 1. The molecule has 1 heterocycles. The number of nitrogens with one attached hydrogen (secondary N) is 3. The lowest BCUT2D eigenvalue weighted by molar-refractivity contribution is -0.142. The van der Waals surface area contributed by atoms with E-state index in [1.807, 2.05) is 6.07 Å². The number of anilines is 1. The molecule has 1 aromatic rings. The molecule has 0 bridgehead atoms. The maximum Gasteiger partial charge on any atom is 0.389 e. The molecule has 1 atom stereocenters. The molecule has 0 aliphatic heterocycles. The van der Waals surface area contributed by atoms with Crippen molar-refractivity contribution in [2.45, 2.75) is 31.5 Å². The van der Waals surface area contributed by atoms with Crippen LogP contribution in [0.2, 0.25) is 0 Å². The Balaban J connectivity index is 2.81. The summed E-state index contributed by atoms with van der Waals surface area (Å²) in [7, 11) is 1.46. The van der Waals surface area contributed by atoms with E-state index in [0.29, 0.717) is 5.69 Å². The van der Waals surface area contributed by atoms with Crippen molar-refractivity contribution in [2.24, 2.45) is 0 Å². The van der Waals surface area contributed by atoms with Gasteiger partial charge in [0.2, 0.25) is 5.91 Å². The number of hydrogen-bond acceptors (Lipinski definition) is 5. The second-order valence-electron chi connectivity index (χ2n) is 4.82. The number of nitriles is 1. The molecule has 0 saturated heterocycles. The average molecular weight is 315 g/mol. The van der Waals surface area contributed by atoms with Crippen LogP contribution < -0.4 is 16.2 Å². The summed E-state index contributed by atoms with van der Waals surface area (Å²) in [5.74, 6) is -0.641. The zero-order chi connectivity index (χ0) is 16.8.